The molecular formula is C20H30O5. The van der Waals surface area contributed by atoms with Crippen molar-refractivity contribution in [1.82, 2.24) is 0 Å². The lowest BCUT2D eigenvalue weighted by Crippen LogP contribution is -2.61. The van der Waals surface area contributed by atoms with E-state index in [1.807, 2.05) is 0 Å². The summed E-state index contributed by atoms with van der Waals surface area (Å²) in [6.07, 6.45) is 7.11. The molecule has 0 aromatic carbocycles. The van der Waals surface area contributed by atoms with Crippen LogP contribution >= 0.6 is 0 Å². The van der Waals surface area contributed by atoms with Crippen molar-refractivity contribution in [2.75, 3.05) is 13.4 Å². The molecule has 2 bridgehead atoms. The Morgan fingerprint density at radius 3 is 2.52 bits per heavy atom. The third-order valence-corrected chi connectivity index (χ3v) is 8.99. The van der Waals surface area contributed by atoms with Crippen molar-refractivity contribution in [3.05, 3.63) is 0 Å². The number of carbonyl (C=O) groups is 1. The quantitative estimate of drug-likeness (QED) is 0.776. The molecule has 2 saturated heterocycles. The Morgan fingerprint density at radius 1 is 1.08 bits per heavy atom. The average molecular weight is 350 g/mol. The van der Waals surface area contributed by atoms with Gasteiger partial charge in [-0.25, -0.2) is 0 Å². The highest BCUT2D eigenvalue weighted by atomic mass is 16.9. The predicted molar refractivity (Wildman–Crippen MR) is 89.2 cm³/mol. The van der Waals surface area contributed by atoms with E-state index in [0.29, 0.717) is 18.6 Å². The second kappa shape index (κ2) is 5.20. The summed E-state index contributed by atoms with van der Waals surface area (Å²) < 4.78 is 17.4. The summed E-state index contributed by atoms with van der Waals surface area (Å²) in [7, 11) is 0. The van der Waals surface area contributed by atoms with Gasteiger partial charge in [0.15, 0.2) is 12.6 Å². The van der Waals surface area contributed by atoms with E-state index in [0.717, 1.165) is 44.9 Å². The standard InChI is InChI=1S/C20H30O5/c1-18(6-3-12-9-16(18)17(22)25-12)14-4-7-19(2)15(13(14)10-21)5-8-20(19)23-11-24-20/h12-16,21H,3-11H2,1-2H3/t12-,13+,14-,15-,16+,18+,19-/m0/s1. The molecule has 1 N–H and O–H groups in total. The molecule has 1 spiro atoms. The number of hydrogen-bond donors (Lipinski definition) is 1. The highest BCUT2D eigenvalue weighted by molar-refractivity contribution is 5.76. The summed E-state index contributed by atoms with van der Waals surface area (Å²) in [5.41, 5.74) is -0.0607. The summed E-state index contributed by atoms with van der Waals surface area (Å²) in [6, 6.07) is 0. The minimum atomic E-state index is -0.416. The van der Waals surface area contributed by atoms with Gasteiger partial charge >= 0.3 is 5.97 Å². The molecule has 5 fully saturated rings. The normalized spacial score (nSPS) is 53.4. The Labute approximate surface area is 149 Å². The van der Waals surface area contributed by atoms with Crippen molar-refractivity contribution < 1.29 is 24.1 Å². The molecule has 5 aliphatic rings. The van der Waals surface area contributed by atoms with Crippen LogP contribution in [0.2, 0.25) is 0 Å². The van der Waals surface area contributed by atoms with Crippen LogP contribution in [0, 0.1) is 34.5 Å². The van der Waals surface area contributed by atoms with Crippen LogP contribution in [-0.2, 0) is 19.0 Å². The third kappa shape index (κ3) is 1.93. The van der Waals surface area contributed by atoms with E-state index < -0.39 is 5.79 Å². The Hall–Kier alpha value is -0.650. The minimum absolute atomic E-state index is 0.00331. The summed E-state index contributed by atoms with van der Waals surface area (Å²) in [6.45, 7) is 5.19. The lowest BCUT2D eigenvalue weighted by molar-refractivity contribution is -0.437. The topological polar surface area (TPSA) is 65.0 Å². The van der Waals surface area contributed by atoms with Gasteiger partial charge in [0.1, 0.15) is 6.10 Å². The monoisotopic (exact) mass is 350 g/mol. The fourth-order valence-electron chi connectivity index (χ4n) is 7.45. The number of rotatable bonds is 2. The number of aliphatic hydroxyl groups excluding tert-OH is 1. The van der Waals surface area contributed by atoms with Crippen molar-refractivity contribution in [1.29, 1.82) is 0 Å². The zero-order valence-corrected chi connectivity index (χ0v) is 15.3. The van der Waals surface area contributed by atoms with Crippen LogP contribution in [0.25, 0.3) is 0 Å². The smallest absolute Gasteiger partial charge is 0.309 e. The first-order chi connectivity index (χ1) is 11.9. The fraction of sp³-hybridized carbons (Fsp3) is 0.950. The number of carbonyl (C=O) groups excluding carboxylic acids is 1. The van der Waals surface area contributed by atoms with Crippen molar-refractivity contribution in [3.63, 3.8) is 0 Å². The van der Waals surface area contributed by atoms with Gasteiger partial charge in [0, 0.05) is 18.4 Å². The second-order valence-corrected chi connectivity index (χ2v) is 9.61. The van der Waals surface area contributed by atoms with Gasteiger partial charge < -0.3 is 19.3 Å². The summed E-state index contributed by atoms with van der Waals surface area (Å²) >= 11 is 0. The van der Waals surface area contributed by atoms with Crippen LogP contribution in [-0.4, -0.2) is 36.4 Å². The van der Waals surface area contributed by atoms with Gasteiger partial charge in [0.05, 0.1) is 5.92 Å². The molecule has 0 aromatic rings. The first-order valence-corrected chi connectivity index (χ1v) is 10.0. The van der Waals surface area contributed by atoms with Crippen molar-refractivity contribution >= 4 is 5.97 Å². The number of ether oxygens (including phenoxy) is 3. The van der Waals surface area contributed by atoms with E-state index in [1.165, 1.54) is 0 Å². The molecule has 25 heavy (non-hydrogen) atoms. The first-order valence-electron chi connectivity index (χ1n) is 10.0. The Kier molecular flexibility index (Phi) is 3.44. The Morgan fingerprint density at radius 2 is 1.84 bits per heavy atom. The van der Waals surface area contributed by atoms with Gasteiger partial charge in [-0.15, -0.1) is 0 Å². The molecule has 5 rings (SSSR count). The zero-order valence-electron chi connectivity index (χ0n) is 15.3. The van der Waals surface area contributed by atoms with Gasteiger partial charge in [0.25, 0.3) is 0 Å². The van der Waals surface area contributed by atoms with E-state index in [4.69, 9.17) is 14.2 Å². The zero-order chi connectivity index (χ0) is 17.4. The molecule has 0 radical (unpaired) electrons. The summed E-state index contributed by atoms with van der Waals surface area (Å²) in [5, 5.41) is 10.4. The molecule has 7 atom stereocenters. The molecule has 0 amide bonds. The van der Waals surface area contributed by atoms with E-state index in [1.54, 1.807) is 0 Å². The number of aliphatic hydroxyl groups is 1. The molecule has 3 aliphatic carbocycles. The maximum Gasteiger partial charge on any atom is 0.309 e. The van der Waals surface area contributed by atoms with E-state index in [2.05, 4.69) is 13.8 Å². The van der Waals surface area contributed by atoms with Crippen LogP contribution in [0.1, 0.15) is 58.8 Å². The molecule has 0 unspecified atom stereocenters. The SMILES string of the molecule is C[C@]1([C@H]2CC[C@@]3(C)[C@@H](CCC34OCO4)[C@@H]2CO)CC[C@H]2C[C@@H]1C(=O)O2. The van der Waals surface area contributed by atoms with E-state index in [-0.39, 0.29) is 41.3 Å². The van der Waals surface area contributed by atoms with Gasteiger partial charge in [-0.1, -0.05) is 13.8 Å². The molecule has 2 heterocycles. The van der Waals surface area contributed by atoms with E-state index >= 15 is 0 Å². The van der Waals surface area contributed by atoms with Gasteiger partial charge in [-0.05, 0) is 61.7 Å². The molecular weight excluding hydrogens is 320 g/mol. The van der Waals surface area contributed by atoms with E-state index in [9.17, 15) is 9.90 Å². The summed E-state index contributed by atoms with van der Waals surface area (Å²) in [4.78, 5) is 12.4. The molecule has 2 aliphatic heterocycles. The Balaban J connectivity index is 1.47. The van der Waals surface area contributed by atoms with Crippen molar-refractivity contribution in [2.45, 2.75) is 70.7 Å². The van der Waals surface area contributed by atoms with Crippen LogP contribution in [0.15, 0.2) is 0 Å². The highest BCUT2D eigenvalue weighted by Crippen LogP contribution is 2.67. The van der Waals surface area contributed by atoms with Gasteiger partial charge in [0.2, 0.25) is 0 Å². The average Bonchev–Trinajstić information content (AvgIpc) is 3.05. The molecule has 140 valence electrons. The maximum atomic E-state index is 12.4. The fourth-order valence-corrected chi connectivity index (χ4v) is 7.45. The molecule has 5 heteroatoms. The minimum Gasteiger partial charge on any atom is -0.462 e. The molecule has 0 aromatic heterocycles. The van der Waals surface area contributed by atoms with Crippen LogP contribution in [0.4, 0.5) is 0 Å². The Bertz CT molecular complexity index is 587. The van der Waals surface area contributed by atoms with Crippen LogP contribution in [0.5, 0.6) is 0 Å². The summed E-state index contributed by atoms with van der Waals surface area (Å²) in [5.74, 6) is 0.609. The number of esters is 1. The van der Waals surface area contributed by atoms with Crippen LogP contribution in [0.3, 0.4) is 0 Å². The highest BCUT2D eigenvalue weighted by Gasteiger charge is 2.68. The predicted octanol–water partition coefficient (Wildman–Crippen LogP) is 2.85. The largest absolute Gasteiger partial charge is 0.462 e. The van der Waals surface area contributed by atoms with Gasteiger partial charge in [-0.3, -0.25) is 4.79 Å². The molecule has 3 saturated carbocycles. The lowest BCUT2D eigenvalue weighted by atomic mass is 9.49. The second-order valence-electron chi connectivity index (χ2n) is 9.61. The van der Waals surface area contributed by atoms with Crippen LogP contribution < -0.4 is 0 Å². The number of hydrogen-bond acceptors (Lipinski definition) is 5. The third-order valence-electron chi connectivity index (χ3n) is 8.99. The molecule has 5 nitrogen and oxygen atoms in total. The van der Waals surface area contributed by atoms with Gasteiger partial charge in [-0.2, -0.15) is 0 Å². The van der Waals surface area contributed by atoms with Crippen molar-refractivity contribution in [3.8, 4) is 0 Å². The first kappa shape index (κ1) is 16.5. The lowest BCUT2D eigenvalue weighted by Gasteiger charge is -2.58. The maximum absolute atomic E-state index is 12.4. The number of fused-ring (bicyclic) bond motifs is 4. The van der Waals surface area contributed by atoms with Crippen molar-refractivity contribution in [2.24, 2.45) is 34.5 Å².